The molecule has 2 heterocycles. The molecule has 3 aromatic rings. The Kier molecular flexibility index (Phi) is 6.61. The number of hydrogen-bond donors (Lipinski definition) is 1. The molecule has 2 amide bonds. The first-order valence-electron chi connectivity index (χ1n) is 9.66. The minimum Gasteiger partial charge on any atom is -0.306 e. The Bertz CT molecular complexity index is 1180. The van der Waals surface area contributed by atoms with E-state index in [0.717, 1.165) is 0 Å². The summed E-state index contributed by atoms with van der Waals surface area (Å²) in [5.41, 5.74) is -3.17. The van der Waals surface area contributed by atoms with Crippen LogP contribution >= 0.6 is 23.4 Å². The number of halogens is 5. The Balaban J connectivity index is 1.56. The highest BCUT2D eigenvalue weighted by molar-refractivity contribution is 8.00. The molecule has 1 atom stereocenters. The molecule has 1 aliphatic heterocycles. The van der Waals surface area contributed by atoms with Gasteiger partial charge in [-0.05, 0) is 54.6 Å². The van der Waals surface area contributed by atoms with Crippen LogP contribution in [-0.4, -0.2) is 38.6 Å². The molecule has 12 heteroatoms. The van der Waals surface area contributed by atoms with Gasteiger partial charge in [-0.3, -0.25) is 4.68 Å². The molecule has 1 N–H and O–H groups in total. The largest absolute Gasteiger partial charge is 0.446 e. The number of aromatic nitrogens is 2. The van der Waals surface area contributed by atoms with E-state index in [2.05, 4.69) is 15.5 Å². The maximum absolute atomic E-state index is 13.9. The number of rotatable bonds is 4. The molecule has 0 saturated heterocycles. The van der Waals surface area contributed by atoms with Crippen LogP contribution in [0.5, 0.6) is 0 Å². The second-order valence-electron chi connectivity index (χ2n) is 7.06. The van der Waals surface area contributed by atoms with Crippen LogP contribution in [0.3, 0.4) is 0 Å². The van der Waals surface area contributed by atoms with Gasteiger partial charge in [-0.2, -0.15) is 23.4 Å². The molecule has 0 saturated carbocycles. The molecule has 172 valence electrons. The lowest BCUT2D eigenvalue weighted by molar-refractivity contribution is -0.0328. The lowest BCUT2D eigenvalue weighted by Gasteiger charge is -2.30. The van der Waals surface area contributed by atoms with Crippen molar-refractivity contribution in [1.29, 1.82) is 0 Å². The molecule has 0 aliphatic carbocycles. The van der Waals surface area contributed by atoms with Gasteiger partial charge < -0.3 is 5.32 Å². The summed E-state index contributed by atoms with van der Waals surface area (Å²) in [4.78, 5) is 12.8. The average molecular weight is 498 g/mol. The van der Waals surface area contributed by atoms with Crippen LogP contribution in [0, 0.1) is 5.82 Å². The number of thioether (sulfide) groups is 1. The number of alkyl halides is 3. The number of hydrogen-bond acceptors (Lipinski definition) is 4. The van der Waals surface area contributed by atoms with E-state index in [1.807, 2.05) is 0 Å². The van der Waals surface area contributed by atoms with Gasteiger partial charge >= 0.3 is 11.5 Å². The zero-order valence-electron chi connectivity index (χ0n) is 16.8. The molecular formula is C21H16ClF4N5OS. The van der Waals surface area contributed by atoms with Crippen molar-refractivity contribution >= 4 is 40.8 Å². The second-order valence-corrected chi connectivity index (χ2v) is 8.64. The Hall–Kier alpha value is -3.05. The third-order valence-corrected chi connectivity index (χ3v) is 5.68. The lowest BCUT2D eigenvalue weighted by Crippen LogP contribution is -2.39. The zero-order chi connectivity index (χ0) is 23.6. The Morgan fingerprint density at radius 2 is 1.94 bits per heavy atom. The molecule has 33 heavy (non-hydrogen) atoms. The maximum atomic E-state index is 13.9. The van der Waals surface area contributed by atoms with Crippen molar-refractivity contribution < 1.29 is 22.4 Å². The van der Waals surface area contributed by atoms with Crippen LogP contribution < -0.4 is 5.32 Å². The topological polar surface area (TPSA) is 62.5 Å². The highest BCUT2D eigenvalue weighted by Crippen LogP contribution is 2.37. The van der Waals surface area contributed by atoms with E-state index in [4.69, 9.17) is 11.6 Å². The van der Waals surface area contributed by atoms with Crippen molar-refractivity contribution in [2.24, 2.45) is 5.10 Å². The van der Waals surface area contributed by atoms with Crippen molar-refractivity contribution in [3.8, 4) is 0 Å². The van der Waals surface area contributed by atoms with Gasteiger partial charge in [-0.15, -0.1) is 0 Å². The van der Waals surface area contributed by atoms with Crippen LogP contribution in [0.4, 0.5) is 28.0 Å². The molecule has 1 aliphatic rings. The van der Waals surface area contributed by atoms with Crippen molar-refractivity contribution in [3.63, 3.8) is 0 Å². The Morgan fingerprint density at radius 3 is 2.58 bits per heavy atom. The van der Waals surface area contributed by atoms with E-state index < -0.39 is 17.4 Å². The van der Waals surface area contributed by atoms with Gasteiger partial charge in [0.1, 0.15) is 5.82 Å². The van der Waals surface area contributed by atoms with E-state index in [0.29, 0.717) is 28.4 Å². The molecule has 0 spiro atoms. The predicted octanol–water partition coefficient (Wildman–Crippen LogP) is 6.17. The molecule has 0 fully saturated rings. The van der Waals surface area contributed by atoms with Gasteiger partial charge in [0.15, 0.2) is 0 Å². The molecule has 0 radical (unpaired) electrons. The minimum atomic E-state index is -4.39. The molecule has 0 bridgehead atoms. The molecule has 2 aromatic carbocycles. The van der Waals surface area contributed by atoms with E-state index in [1.54, 1.807) is 23.0 Å². The third kappa shape index (κ3) is 5.85. The van der Waals surface area contributed by atoms with Gasteiger partial charge in [0.05, 0.1) is 23.0 Å². The van der Waals surface area contributed by atoms with Crippen molar-refractivity contribution in [2.75, 3.05) is 11.9 Å². The van der Waals surface area contributed by atoms with Crippen LogP contribution in [0.15, 0.2) is 70.9 Å². The van der Waals surface area contributed by atoms with Crippen molar-refractivity contribution in [2.45, 2.75) is 22.9 Å². The van der Waals surface area contributed by atoms with Crippen molar-refractivity contribution in [3.05, 3.63) is 77.3 Å². The quantitative estimate of drug-likeness (QED) is 0.346. The highest BCUT2D eigenvalue weighted by atomic mass is 35.5. The normalized spacial score (nSPS) is 16.5. The minimum absolute atomic E-state index is 0.00519. The van der Waals surface area contributed by atoms with Gasteiger partial charge in [-0.25, -0.2) is 14.2 Å². The number of nitrogens with zero attached hydrogens (tertiary/aromatic N) is 4. The van der Waals surface area contributed by atoms with Crippen LogP contribution in [0.1, 0.15) is 18.0 Å². The smallest absolute Gasteiger partial charge is 0.306 e. The van der Waals surface area contributed by atoms with Gasteiger partial charge in [0, 0.05) is 28.9 Å². The highest BCUT2D eigenvalue weighted by Gasteiger charge is 2.30. The number of nitrogens with one attached hydrogen (secondary N) is 1. The molecule has 6 nitrogen and oxygen atoms in total. The number of urea groups is 1. The standard InChI is InChI=1S/C21H16ClF4N5OS/c22-14-11-27-31(12-14)18-8-9-30(29-19(18)13-2-1-3-15(23)10-13)20(32)28-16-4-6-17(7-5-16)33-21(24,25)26/h1-7,10-12,18H,8-9H2,(H,28,32). The lowest BCUT2D eigenvalue weighted by atomic mass is 9.99. The van der Waals surface area contributed by atoms with Crippen LogP contribution in [0.2, 0.25) is 5.02 Å². The number of anilines is 1. The van der Waals surface area contributed by atoms with Gasteiger partial charge in [-0.1, -0.05) is 23.7 Å². The predicted molar refractivity (Wildman–Crippen MR) is 118 cm³/mol. The molecular weight excluding hydrogens is 482 g/mol. The summed E-state index contributed by atoms with van der Waals surface area (Å²) in [7, 11) is 0. The summed E-state index contributed by atoms with van der Waals surface area (Å²) >= 11 is 5.75. The first-order chi connectivity index (χ1) is 15.7. The van der Waals surface area contributed by atoms with E-state index in [-0.39, 0.29) is 29.2 Å². The fourth-order valence-corrected chi connectivity index (χ4v) is 4.03. The number of benzene rings is 2. The molecule has 1 unspecified atom stereocenters. The Morgan fingerprint density at radius 1 is 1.18 bits per heavy atom. The Labute approximate surface area is 195 Å². The summed E-state index contributed by atoms with van der Waals surface area (Å²) in [5, 5.41) is 12.9. The summed E-state index contributed by atoms with van der Waals surface area (Å²) < 4.78 is 52.9. The first-order valence-corrected chi connectivity index (χ1v) is 10.9. The monoisotopic (exact) mass is 497 g/mol. The van der Waals surface area contributed by atoms with Crippen LogP contribution in [-0.2, 0) is 0 Å². The molecule has 4 rings (SSSR count). The summed E-state index contributed by atoms with van der Waals surface area (Å²) in [6.07, 6.45) is 3.53. The van der Waals surface area contributed by atoms with Crippen LogP contribution in [0.25, 0.3) is 0 Å². The number of amides is 2. The number of carbonyl (C=O) groups is 1. The maximum Gasteiger partial charge on any atom is 0.446 e. The second kappa shape index (κ2) is 9.44. The number of hydrazone groups is 1. The number of carbonyl (C=O) groups excluding carboxylic acids is 1. The van der Waals surface area contributed by atoms with Crippen molar-refractivity contribution in [1.82, 2.24) is 14.8 Å². The summed E-state index contributed by atoms with van der Waals surface area (Å²) in [5.74, 6) is -0.453. The fourth-order valence-electron chi connectivity index (χ4n) is 3.34. The zero-order valence-corrected chi connectivity index (χ0v) is 18.3. The summed E-state index contributed by atoms with van der Waals surface area (Å²) in [6, 6.07) is 10.2. The van der Waals surface area contributed by atoms with Gasteiger partial charge in [0.2, 0.25) is 0 Å². The summed E-state index contributed by atoms with van der Waals surface area (Å²) in [6.45, 7) is 0.231. The van der Waals surface area contributed by atoms with E-state index >= 15 is 0 Å². The molecule has 1 aromatic heterocycles. The van der Waals surface area contributed by atoms with Gasteiger partial charge in [0.25, 0.3) is 0 Å². The van der Waals surface area contributed by atoms with E-state index in [9.17, 15) is 22.4 Å². The fraction of sp³-hybridized carbons (Fsp3) is 0.190. The first kappa shape index (κ1) is 23.1. The SMILES string of the molecule is O=C(Nc1ccc(SC(F)(F)F)cc1)N1CCC(n2cc(Cl)cn2)C(c2cccc(F)c2)=N1. The third-order valence-electron chi connectivity index (χ3n) is 4.74. The average Bonchev–Trinajstić information content (AvgIpc) is 3.20. The van der Waals surface area contributed by atoms with E-state index in [1.165, 1.54) is 47.6 Å².